The van der Waals surface area contributed by atoms with Crippen LogP contribution in [0.25, 0.3) is 6.08 Å². The Morgan fingerprint density at radius 1 is 0.818 bits per heavy atom. The van der Waals surface area contributed by atoms with Gasteiger partial charge in [0.05, 0.1) is 22.0 Å². The van der Waals surface area contributed by atoms with E-state index in [2.05, 4.69) is 0 Å². The van der Waals surface area contributed by atoms with Crippen molar-refractivity contribution in [2.24, 2.45) is 5.14 Å². The van der Waals surface area contributed by atoms with E-state index < -0.39 is 20.0 Å². The lowest BCUT2D eigenvalue weighted by Crippen LogP contribution is -2.31. The molecule has 1 heterocycles. The molecule has 1 aliphatic heterocycles. The quantitative estimate of drug-likeness (QED) is 0.549. The Labute approximate surface area is 193 Å². The molecule has 1 aliphatic rings. The molecule has 10 heteroatoms. The molecule has 0 unspecified atom stereocenters. The van der Waals surface area contributed by atoms with Crippen LogP contribution in [-0.2, 0) is 20.0 Å². The zero-order valence-corrected chi connectivity index (χ0v) is 19.1. The topological polar surface area (TPSA) is 116 Å². The van der Waals surface area contributed by atoms with Crippen LogP contribution < -0.4 is 18.9 Å². The van der Waals surface area contributed by atoms with E-state index >= 15 is 0 Å². The number of hydrogen-bond acceptors (Lipinski definition) is 6. The Kier molecular flexibility index (Phi) is 6.41. The first-order valence-electron chi connectivity index (χ1n) is 10.0. The van der Waals surface area contributed by atoms with E-state index in [4.69, 9.17) is 14.6 Å². The van der Waals surface area contributed by atoms with Crippen molar-refractivity contribution < 1.29 is 26.3 Å². The zero-order chi connectivity index (χ0) is 23.5. The maximum absolute atomic E-state index is 13.5. The predicted molar refractivity (Wildman–Crippen MR) is 125 cm³/mol. The Morgan fingerprint density at radius 3 is 2.12 bits per heavy atom. The SMILES string of the molecule is NS(=O)(=O)c1ccc(S(=O)(=O)N(CC=Cc2ccccc2)c2ccc3c(c2)OCCO3)cc1. The summed E-state index contributed by atoms with van der Waals surface area (Å²) in [5.74, 6) is 0.996. The molecule has 4 rings (SSSR count). The molecule has 0 saturated carbocycles. The summed E-state index contributed by atoms with van der Waals surface area (Å²) in [6, 6.07) is 19.2. The molecule has 0 spiro atoms. The van der Waals surface area contributed by atoms with Crippen LogP contribution >= 0.6 is 0 Å². The number of nitrogens with zero attached hydrogens (tertiary/aromatic N) is 1. The fourth-order valence-corrected chi connectivity index (χ4v) is 5.23. The fraction of sp³-hybridized carbons (Fsp3) is 0.130. The van der Waals surface area contributed by atoms with Gasteiger partial charge in [-0.15, -0.1) is 0 Å². The van der Waals surface area contributed by atoms with Crippen LogP contribution in [0, 0.1) is 0 Å². The third-order valence-corrected chi connectivity index (χ3v) is 7.67. The molecule has 0 aromatic heterocycles. The number of rotatable bonds is 7. The number of ether oxygens (including phenoxy) is 2. The van der Waals surface area contributed by atoms with Gasteiger partial charge in [-0.3, -0.25) is 4.31 Å². The van der Waals surface area contributed by atoms with E-state index in [0.717, 1.165) is 5.56 Å². The number of fused-ring (bicyclic) bond motifs is 1. The van der Waals surface area contributed by atoms with Crippen molar-refractivity contribution in [3.05, 3.63) is 84.4 Å². The number of anilines is 1. The van der Waals surface area contributed by atoms with Crippen LogP contribution in [0.15, 0.2) is 88.7 Å². The van der Waals surface area contributed by atoms with Gasteiger partial charge in [-0.2, -0.15) is 0 Å². The van der Waals surface area contributed by atoms with Gasteiger partial charge < -0.3 is 9.47 Å². The Hall–Kier alpha value is -3.34. The van der Waals surface area contributed by atoms with Crippen molar-refractivity contribution in [3.63, 3.8) is 0 Å². The molecule has 0 bridgehead atoms. The summed E-state index contributed by atoms with van der Waals surface area (Å²) in [4.78, 5) is -0.241. The van der Waals surface area contributed by atoms with Gasteiger partial charge >= 0.3 is 0 Å². The minimum atomic E-state index is -4.05. The van der Waals surface area contributed by atoms with Gasteiger partial charge in [0.1, 0.15) is 13.2 Å². The normalized spacial score (nSPS) is 13.7. The molecule has 0 amide bonds. The van der Waals surface area contributed by atoms with Crippen molar-refractivity contribution in [2.45, 2.75) is 9.79 Å². The molecule has 2 N–H and O–H groups in total. The lowest BCUT2D eigenvalue weighted by Gasteiger charge is -2.25. The molecule has 0 fully saturated rings. The molecule has 0 aliphatic carbocycles. The average molecular weight is 487 g/mol. The molecule has 8 nitrogen and oxygen atoms in total. The lowest BCUT2D eigenvalue weighted by atomic mass is 10.2. The highest BCUT2D eigenvalue weighted by Gasteiger charge is 2.26. The third-order valence-electron chi connectivity index (χ3n) is 4.94. The standard InChI is InChI=1S/C23H22N2O6S2/c24-32(26,27)20-9-11-21(12-10-20)33(28,29)25(14-4-7-18-5-2-1-3-6-18)19-8-13-22-23(17-19)31-16-15-30-22/h1-13,17H,14-16H2,(H2,24,26,27). The highest BCUT2D eigenvalue weighted by molar-refractivity contribution is 7.92. The van der Waals surface area contributed by atoms with Gasteiger partial charge in [0.15, 0.2) is 11.5 Å². The molecule has 0 atom stereocenters. The van der Waals surface area contributed by atoms with Crippen LogP contribution in [0.2, 0.25) is 0 Å². The summed E-state index contributed by atoms with van der Waals surface area (Å²) < 4.78 is 62.5. The van der Waals surface area contributed by atoms with Gasteiger partial charge in [0, 0.05) is 6.07 Å². The van der Waals surface area contributed by atoms with E-state index in [9.17, 15) is 16.8 Å². The van der Waals surface area contributed by atoms with E-state index in [0.29, 0.717) is 30.4 Å². The van der Waals surface area contributed by atoms with E-state index in [1.165, 1.54) is 28.6 Å². The van der Waals surface area contributed by atoms with Crippen LogP contribution in [0.5, 0.6) is 11.5 Å². The van der Waals surface area contributed by atoms with Crippen molar-refractivity contribution in [1.29, 1.82) is 0 Å². The van der Waals surface area contributed by atoms with Crippen LogP contribution in [-0.4, -0.2) is 36.6 Å². The van der Waals surface area contributed by atoms with Crippen molar-refractivity contribution in [2.75, 3.05) is 24.1 Å². The molecule has 0 saturated heterocycles. The monoisotopic (exact) mass is 486 g/mol. The van der Waals surface area contributed by atoms with Crippen molar-refractivity contribution in [1.82, 2.24) is 0 Å². The maximum Gasteiger partial charge on any atom is 0.264 e. The van der Waals surface area contributed by atoms with Crippen LogP contribution in [0.3, 0.4) is 0 Å². The number of hydrogen-bond donors (Lipinski definition) is 1. The van der Waals surface area contributed by atoms with Crippen LogP contribution in [0.4, 0.5) is 5.69 Å². The Morgan fingerprint density at radius 2 is 1.45 bits per heavy atom. The van der Waals surface area contributed by atoms with Gasteiger partial charge in [-0.1, -0.05) is 42.5 Å². The van der Waals surface area contributed by atoms with E-state index in [-0.39, 0.29) is 16.3 Å². The smallest absolute Gasteiger partial charge is 0.264 e. The molecule has 33 heavy (non-hydrogen) atoms. The van der Waals surface area contributed by atoms with E-state index in [1.807, 2.05) is 36.4 Å². The highest BCUT2D eigenvalue weighted by Crippen LogP contribution is 2.35. The van der Waals surface area contributed by atoms with Crippen molar-refractivity contribution >= 4 is 31.8 Å². The van der Waals surface area contributed by atoms with Gasteiger partial charge in [0.2, 0.25) is 10.0 Å². The zero-order valence-electron chi connectivity index (χ0n) is 17.5. The molecular weight excluding hydrogens is 464 g/mol. The first-order valence-corrected chi connectivity index (χ1v) is 13.0. The summed E-state index contributed by atoms with van der Waals surface area (Å²) in [6.45, 7) is 0.824. The molecule has 3 aromatic carbocycles. The largest absolute Gasteiger partial charge is 0.486 e. The van der Waals surface area contributed by atoms with Gasteiger partial charge in [-0.25, -0.2) is 22.0 Å². The molecule has 172 valence electrons. The minimum Gasteiger partial charge on any atom is -0.486 e. The second-order valence-electron chi connectivity index (χ2n) is 7.19. The summed E-state index contributed by atoms with van der Waals surface area (Å²) in [7, 11) is -7.99. The Bertz CT molecular complexity index is 1370. The van der Waals surface area contributed by atoms with Crippen molar-refractivity contribution in [3.8, 4) is 11.5 Å². The fourth-order valence-electron chi connectivity index (χ4n) is 3.31. The minimum absolute atomic E-state index is 0.0355. The number of benzene rings is 3. The predicted octanol–water partition coefficient (Wildman–Crippen LogP) is 3.01. The Balaban J connectivity index is 1.72. The summed E-state index contributed by atoms with van der Waals surface area (Å²) in [5, 5.41) is 5.13. The highest BCUT2D eigenvalue weighted by atomic mass is 32.2. The van der Waals surface area contributed by atoms with Gasteiger partial charge in [-0.05, 0) is 42.0 Å². The van der Waals surface area contributed by atoms with Gasteiger partial charge in [0.25, 0.3) is 10.0 Å². The average Bonchev–Trinajstić information content (AvgIpc) is 2.81. The summed E-state index contributed by atoms with van der Waals surface area (Å²) >= 11 is 0. The number of nitrogens with two attached hydrogens (primary N) is 1. The summed E-state index contributed by atoms with van der Waals surface area (Å²) in [6.07, 6.45) is 3.56. The number of sulfonamides is 2. The van der Waals surface area contributed by atoms with Crippen LogP contribution in [0.1, 0.15) is 5.56 Å². The van der Waals surface area contributed by atoms with E-state index in [1.54, 1.807) is 24.3 Å². The first-order chi connectivity index (χ1) is 15.7. The second-order valence-corrected chi connectivity index (χ2v) is 10.6. The molecular formula is C23H22N2O6S2. The maximum atomic E-state index is 13.5. The first kappa shape index (κ1) is 22.8. The molecule has 0 radical (unpaired) electrons. The second kappa shape index (κ2) is 9.26. The molecule has 3 aromatic rings. The third kappa shape index (κ3) is 5.19. The number of primary sulfonamides is 1. The summed E-state index contributed by atoms with van der Waals surface area (Å²) in [5.41, 5.74) is 1.31. The lowest BCUT2D eigenvalue weighted by molar-refractivity contribution is 0.171.